The predicted octanol–water partition coefficient (Wildman–Crippen LogP) is 4.01. The molecule has 5 heteroatoms. The zero-order chi connectivity index (χ0) is 15.9. The average Bonchev–Trinajstić information content (AvgIpc) is 2.52. The first-order chi connectivity index (χ1) is 10.6. The van der Waals surface area contributed by atoms with Crippen LogP contribution >= 0.6 is 23.4 Å². The summed E-state index contributed by atoms with van der Waals surface area (Å²) in [6, 6.07) is 13.3. The van der Waals surface area contributed by atoms with Crippen molar-refractivity contribution in [1.29, 1.82) is 0 Å². The van der Waals surface area contributed by atoms with E-state index in [0.717, 1.165) is 22.4 Å². The summed E-state index contributed by atoms with van der Waals surface area (Å²) in [4.78, 5) is 12.0. The van der Waals surface area contributed by atoms with Crippen LogP contribution < -0.4 is 5.32 Å². The maximum absolute atomic E-state index is 12.0. The lowest BCUT2D eigenvalue weighted by molar-refractivity contribution is -0.113. The molecular weight excluding hydrogens is 318 g/mol. The van der Waals surface area contributed by atoms with Crippen LogP contribution in [0.2, 0.25) is 5.02 Å². The fraction of sp³-hybridized carbons (Fsp3) is 0.235. The Labute approximate surface area is 139 Å². The van der Waals surface area contributed by atoms with Gasteiger partial charge in [-0.25, -0.2) is 0 Å². The number of benzene rings is 2. The molecule has 0 spiro atoms. The molecule has 0 radical (unpaired) electrons. The predicted molar refractivity (Wildman–Crippen MR) is 93.3 cm³/mol. The van der Waals surface area contributed by atoms with Gasteiger partial charge in [-0.2, -0.15) is 0 Å². The van der Waals surface area contributed by atoms with Gasteiger partial charge in [0.15, 0.2) is 0 Å². The van der Waals surface area contributed by atoms with Crippen molar-refractivity contribution in [3.8, 4) is 0 Å². The number of anilines is 1. The number of para-hydroxylation sites is 1. The Morgan fingerprint density at radius 2 is 1.86 bits per heavy atom. The number of aliphatic hydroxyl groups is 1. The molecule has 116 valence electrons. The highest BCUT2D eigenvalue weighted by Crippen LogP contribution is 2.25. The van der Waals surface area contributed by atoms with E-state index in [1.54, 1.807) is 17.8 Å². The molecule has 2 N–H and O–H groups in total. The summed E-state index contributed by atoms with van der Waals surface area (Å²) in [6.07, 6.45) is 0. The molecule has 0 saturated carbocycles. The van der Waals surface area contributed by atoms with E-state index in [2.05, 4.69) is 5.32 Å². The molecule has 0 aliphatic carbocycles. The fourth-order valence-corrected chi connectivity index (χ4v) is 3.03. The smallest absolute Gasteiger partial charge is 0.234 e. The topological polar surface area (TPSA) is 49.3 Å². The van der Waals surface area contributed by atoms with Gasteiger partial charge in [-0.3, -0.25) is 4.79 Å². The maximum atomic E-state index is 12.0. The lowest BCUT2D eigenvalue weighted by Crippen LogP contribution is -2.15. The van der Waals surface area contributed by atoms with Gasteiger partial charge in [-0.15, -0.1) is 11.8 Å². The van der Waals surface area contributed by atoms with Crippen molar-refractivity contribution in [1.82, 2.24) is 0 Å². The van der Waals surface area contributed by atoms with E-state index in [9.17, 15) is 4.79 Å². The standard InChI is InChI=1S/C17H18ClNO2S/c1-12-3-2-4-15(18)17(12)19-16(21)11-22-10-14-7-5-13(9-20)6-8-14/h2-8,20H,9-11H2,1H3,(H,19,21). The summed E-state index contributed by atoms with van der Waals surface area (Å²) in [7, 11) is 0. The molecule has 0 bridgehead atoms. The first-order valence-corrected chi connectivity index (χ1v) is 8.45. The average molecular weight is 336 g/mol. The summed E-state index contributed by atoms with van der Waals surface area (Å²) in [5.41, 5.74) is 3.65. The number of carbonyl (C=O) groups is 1. The van der Waals surface area contributed by atoms with Gasteiger partial charge in [0.2, 0.25) is 5.91 Å². The van der Waals surface area contributed by atoms with Crippen LogP contribution in [-0.2, 0) is 17.2 Å². The molecule has 0 heterocycles. The minimum atomic E-state index is -0.0619. The number of nitrogens with one attached hydrogen (secondary N) is 1. The summed E-state index contributed by atoms with van der Waals surface area (Å²) in [5.74, 6) is 1.06. The molecule has 0 aliphatic heterocycles. The molecule has 0 atom stereocenters. The number of hydrogen-bond acceptors (Lipinski definition) is 3. The van der Waals surface area contributed by atoms with Crippen LogP contribution in [-0.4, -0.2) is 16.8 Å². The van der Waals surface area contributed by atoms with Crippen molar-refractivity contribution in [2.75, 3.05) is 11.1 Å². The van der Waals surface area contributed by atoms with Crippen LogP contribution in [0, 0.1) is 6.92 Å². The Bertz CT molecular complexity index is 623. The van der Waals surface area contributed by atoms with Crippen LogP contribution in [0.15, 0.2) is 42.5 Å². The van der Waals surface area contributed by atoms with Crippen molar-refractivity contribution in [3.05, 3.63) is 64.2 Å². The maximum Gasteiger partial charge on any atom is 0.234 e. The van der Waals surface area contributed by atoms with Gasteiger partial charge in [0.25, 0.3) is 0 Å². The Morgan fingerprint density at radius 3 is 2.50 bits per heavy atom. The minimum Gasteiger partial charge on any atom is -0.392 e. The van der Waals surface area contributed by atoms with Gasteiger partial charge in [0.05, 0.1) is 23.1 Å². The van der Waals surface area contributed by atoms with Gasteiger partial charge in [0.1, 0.15) is 0 Å². The van der Waals surface area contributed by atoms with Crippen LogP contribution in [0.25, 0.3) is 0 Å². The molecule has 2 rings (SSSR count). The number of amides is 1. The molecule has 2 aromatic carbocycles. The SMILES string of the molecule is Cc1cccc(Cl)c1NC(=O)CSCc1ccc(CO)cc1. The number of halogens is 1. The molecule has 0 aromatic heterocycles. The molecule has 2 aromatic rings. The van der Waals surface area contributed by atoms with Gasteiger partial charge >= 0.3 is 0 Å². The number of aliphatic hydroxyl groups excluding tert-OH is 1. The zero-order valence-corrected chi connectivity index (χ0v) is 13.9. The highest BCUT2D eigenvalue weighted by atomic mass is 35.5. The Balaban J connectivity index is 1.82. The van der Waals surface area contributed by atoms with E-state index in [-0.39, 0.29) is 12.5 Å². The second-order valence-electron chi connectivity index (χ2n) is 4.95. The number of aryl methyl sites for hydroxylation is 1. The Kier molecular flexibility index (Phi) is 6.31. The molecular formula is C17H18ClNO2S. The summed E-state index contributed by atoms with van der Waals surface area (Å²) < 4.78 is 0. The third-order valence-electron chi connectivity index (χ3n) is 3.19. The molecule has 0 fully saturated rings. The van der Waals surface area contributed by atoms with Crippen LogP contribution in [0.1, 0.15) is 16.7 Å². The van der Waals surface area contributed by atoms with Crippen LogP contribution in [0.3, 0.4) is 0 Å². The lowest BCUT2D eigenvalue weighted by Gasteiger charge is -2.10. The van der Waals surface area contributed by atoms with Crippen LogP contribution in [0.5, 0.6) is 0 Å². The van der Waals surface area contributed by atoms with Crippen LogP contribution in [0.4, 0.5) is 5.69 Å². The first kappa shape index (κ1) is 16.9. The van der Waals surface area contributed by atoms with Gasteiger partial charge in [-0.05, 0) is 29.7 Å². The molecule has 3 nitrogen and oxygen atoms in total. The summed E-state index contributed by atoms with van der Waals surface area (Å²) in [6.45, 7) is 1.96. The molecule has 22 heavy (non-hydrogen) atoms. The largest absolute Gasteiger partial charge is 0.392 e. The van der Waals surface area contributed by atoms with Gasteiger partial charge in [0, 0.05) is 5.75 Å². The minimum absolute atomic E-state index is 0.0486. The van der Waals surface area contributed by atoms with E-state index < -0.39 is 0 Å². The zero-order valence-electron chi connectivity index (χ0n) is 12.3. The molecule has 0 unspecified atom stereocenters. The number of carbonyl (C=O) groups excluding carboxylic acids is 1. The van der Waals surface area contributed by atoms with Crippen molar-refractivity contribution >= 4 is 35.0 Å². The fourth-order valence-electron chi connectivity index (χ4n) is 1.97. The lowest BCUT2D eigenvalue weighted by atomic mass is 10.2. The first-order valence-electron chi connectivity index (χ1n) is 6.91. The third kappa shape index (κ3) is 4.77. The van der Waals surface area contributed by atoms with E-state index in [0.29, 0.717) is 16.5 Å². The van der Waals surface area contributed by atoms with Gasteiger partial charge in [-0.1, -0.05) is 48.0 Å². The Morgan fingerprint density at radius 1 is 1.18 bits per heavy atom. The molecule has 1 amide bonds. The number of hydrogen-bond donors (Lipinski definition) is 2. The van der Waals surface area contributed by atoms with Crippen molar-refractivity contribution < 1.29 is 9.90 Å². The summed E-state index contributed by atoms with van der Waals surface area (Å²) >= 11 is 7.63. The quantitative estimate of drug-likeness (QED) is 0.838. The van der Waals surface area contributed by atoms with Crippen molar-refractivity contribution in [3.63, 3.8) is 0 Å². The molecule has 0 saturated heterocycles. The van der Waals surface area contributed by atoms with E-state index in [4.69, 9.17) is 16.7 Å². The van der Waals surface area contributed by atoms with Crippen molar-refractivity contribution in [2.24, 2.45) is 0 Å². The number of thioether (sulfide) groups is 1. The second kappa shape index (κ2) is 8.22. The second-order valence-corrected chi connectivity index (χ2v) is 6.34. The molecule has 0 aliphatic rings. The highest BCUT2D eigenvalue weighted by Gasteiger charge is 2.08. The third-order valence-corrected chi connectivity index (χ3v) is 4.51. The van der Waals surface area contributed by atoms with Crippen molar-refractivity contribution in [2.45, 2.75) is 19.3 Å². The normalized spacial score (nSPS) is 10.5. The van der Waals surface area contributed by atoms with E-state index >= 15 is 0 Å². The highest BCUT2D eigenvalue weighted by molar-refractivity contribution is 7.99. The number of rotatable bonds is 6. The Hall–Kier alpha value is -1.49. The monoisotopic (exact) mass is 335 g/mol. The summed E-state index contributed by atoms with van der Waals surface area (Å²) in [5, 5.41) is 12.4. The van der Waals surface area contributed by atoms with E-state index in [1.165, 1.54) is 0 Å². The van der Waals surface area contributed by atoms with E-state index in [1.807, 2.05) is 43.3 Å². The van der Waals surface area contributed by atoms with Gasteiger partial charge < -0.3 is 10.4 Å².